The zero-order chi connectivity index (χ0) is 16.4. The second-order valence-corrected chi connectivity index (χ2v) is 6.34. The minimum Gasteiger partial charge on any atom is -0.497 e. The third-order valence-corrected chi connectivity index (χ3v) is 4.84. The Morgan fingerprint density at radius 2 is 1.78 bits per heavy atom. The maximum absolute atomic E-state index is 13.7. The van der Waals surface area contributed by atoms with Gasteiger partial charge in [-0.3, -0.25) is 0 Å². The van der Waals surface area contributed by atoms with Crippen molar-refractivity contribution in [3.05, 3.63) is 64.5 Å². The van der Waals surface area contributed by atoms with Crippen LogP contribution in [0.15, 0.2) is 36.4 Å². The number of nitrogens with two attached hydrogens (primary N) is 1. The lowest BCUT2D eigenvalue weighted by Gasteiger charge is -2.26. The minimum absolute atomic E-state index is 0.0365. The number of halogens is 1. The molecule has 2 unspecified atom stereocenters. The van der Waals surface area contributed by atoms with E-state index in [1.807, 2.05) is 12.1 Å². The number of ether oxygens (including phenoxy) is 1. The number of aryl methyl sites for hydroxylation is 2. The van der Waals surface area contributed by atoms with E-state index >= 15 is 0 Å². The molecule has 0 saturated heterocycles. The molecule has 2 aromatic carbocycles. The molecule has 1 aliphatic rings. The molecule has 0 spiro atoms. The van der Waals surface area contributed by atoms with Gasteiger partial charge in [0.2, 0.25) is 0 Å². The molecule has 122 valence electrons. The summed E-state index contributed by atoms with van der Waals surface area (Å²) in [6, 6.07) is 11.4. The molecule has 1 aliphatic carbocycles. The fourth-order valence-corrected chi connectivity index (χ4v) is 3.72. The van der Waals surface area contributed by atoms with Crippen LogP contribution in [-0.4, -0.2) is 13.2 Å². The van der Waals surface area contributed by atoms with Gasteiger partial charge in [0.25, 0.3) is 0 Å². The van der Waals surface area contributed by atoms with E-state index in [1.54, 1.807) is 19.2 Å². The Hall–Kier alpha value is -1.87. The zero-order valence-electron chi connectivity index (χ0n) is 13.8. The van der Waals surface area contributed by atoms with Crippen molar-refractivity contribution < 1.29 is 9.13 Å². The topological polar surface area (TPSA) is 35.2 Å². The van der Waals surface area contributed by atoms with Gasteiger partial charge in [-0.05, 0) is 65.8 Å². The number of fused-ring (bicyclic) bond motifs is 2. The van der Waals surface area contributed by atoms with Gasteiger partial charge in [0.15, 0.2) is 0 Å². The second-order valence-electron chi connectivity index (χ2n) is 6.34. The van der Waals surface area contributed by atoms with Gasteiger partial charge in [0.05, 0.1) is 7.11 Å². The molecular weight excluding hydrogens is 289 g/mol. The lowest BCUT2D eigenvalue weighted by atomic mass is 9.81. The highest BCUT2D eigenvalue weighted by Gasteiger charge is 2.28. The van der Waals surface area contributed by atoms with E-state index in [2.05, 4.69) is 19.1 Å². The maximum atomic E-state index is 13.7. The average molecular weight is 313 g/mol. The Morgan fingerprint density at radius 3 is 2.43 bits per heavy atom. The van der Waals surface area contributed by atoms with Crippen LogP contribution in [-0.2, 0) is 12.8 Å². The van der Waals surface area contributed by atoms with Crippen molar-refractivity contribution in [3.8, 4) is 5.75 Å². The van der Waals surface area contributed by atoms with Crippen molar-refractivity contribution in [2.24, 2.45) is 5.73 Å². The molecule has 0 aromatic heterocycles. The standard InChI is InChI=1S/C20H24FNO/c1-3-4-19(22)20-17-9-7-15(21)11-13(17)5-6-14-12-16(23-2)8-10-18(14)20/h7-12,19-20H,3-6,22H2,1-2H3. The summed E-state index contributed by atoms with van der Waals surface area (Å²) in [7, 11) is 1.68. The van der Waals surface area contributed by atoms with Crippen LogP contribution < -0.4 is 10.5 Å². The van der Waals surface area contributed by atoms with Crippen LogP contribution in [0.1, 0.15) is 47.9 Å². The third kappa shape index (κ3) is 3.11. The highest BCUT2D eigenvalue weighted by Crippen LogP contribution is 2.38. The summed E-state index contributed by atoms with van der Waals surface area (Å²) in [6.45, 7) is 2.15. The number of hydrogen-bond acceptors (Lipinski definition) is 2. The quantitative estimate of drug-likeness (QED) is 0.918. The molecule has 0 heterocycles. The number of hydrogen-bond donors (Lipinski definition) is 1. The summed E-state index contributed by atoms with van der Waals surface area (Å²) < 4.78 is 19.1. The summed E-state index contributed by atoms with van der Waals surface area (Å²) in [5.41, 5.74) is 11.3. The van der Waals surface area contributed by atoms with E-state index in [9.17, 15) is 4.39 Å². The molecule has 2 atom stereocenters. The highest BCUT2D eigenvalue weighted by molar-refractivity contribution is 5.48. The van der Waals surface area contributed by atoms with E-state index in [0.717, 1.165) is 37.0 Å². The first kappa shape index (κ1) is 16.0. The lowest BCUT2D eigenvalue weighted by Crippen LogP contribution is -2.29. The van der Waals surface area contributed by atoms with Gasteiger partial charge in [-0.25, -0.2) is 4.39 Å². The molecule has 2 N–H and O–H groups in total. The molecule has 0 radical (unpaired) electrons. The molecule has 2 aromatic rings. The summed E-state index contributed by atoms with van der Waals surface area (Å²) in [5.74, 6) is 0.813. The average Bonchev–Trinajstić information content (AvgIpc) is 2.71. The third-order valence-electron chi connectivity index (χ3n) is 4.84. The lowest BCUT2D eigenvalue weighted by molar-refractivity contribution is 0.414. The molecule has 3 heteroatoms. The van der Waals surface area contributed by atoms with Crippen molar-refractivity contribution in [3.63, 3.8) is 0 Å². The second kappa shape index (κ2) is 6.71. The molecule has 0 amide bonds. The van der Waals surface area contributed by atoms with Crippen molar-refractivity contribution in [1.82, 2.24) is 0 Å². The molecule has 2 nitrogen and oxygen atoms in total. The van der Waals surface area contributed by atoms with Crippen LogP contribution in [0.2, 0.25) is 0 Å². The Kier molecular flexibility index (Phi) is 4.67. The fourth-order valence-electron chi connectivity index (χ4n) is 3.72. The van der Waals surface area contributed by atoms with E-state index in [4.69, 9.17) is 10.5 Å². The first-order chi connectivity index (χ1) is 11.1. The first-order valence-corrected chi connectivity index (χ1v) is 8.34. The van der Waals surface area contributed by atoms with E-state index < -0.39 is 0 Å². The first-order valence-electron chi connectivity index (χ1n) is 8.34. The molecule has 0 saturated carbocycles. The van der Waals surface area contributed by atoms with Crippen molar-refractivity contribution in [1.29, 1.82) is 0 Å². The molecular formula is C20H24FNO. The van der Waals surface area contributed by atoms with Crippen molar-refractivity contribution in [2.75, 3.05) is 7.11 Å². The maximum Gasteiger partial charge on any atom is 0.123 e. The Morgan fingerprint density at radius 1 is 1.13 bits per heavy atom. The Labute approximate surface area is 137 Å². The molecule has 3 rings (SSSR count). The van der Waals surface area contributed by atoms with E-state index in [1.165, 1.54) is 16.7 Å². The molecule has 0 fully saturated rings. The van der Waals surface area contributed by atoms with E-state index in [0.29, 0.717) is 0 Å². The Balaban J connectivity index is 2.14. The van der Waals surface area contributed by atoms with Crippen LogP contribution in [0.4, 0.5) is 4.39 Å². The van der Waals surface area contributed by atoms with Crippen LogP contribution in [0.25, 0.3) is 0 Å². The van der Waals surface area contributed by atoms with Crippen molar-refractivity contribution >= 4 is 0 Å². The van der Waals surface area contributed by atoms with Gasteiger partial charge < -0.3 is 10.5 Å². The number of methoxy groups -OCH3 is 1. The normalized spacial score (nSPS) is 17.8. The van der Waals surface area contributed by atoms with Crippen LogP contribution >= 0.6 is 0 Å². The molecule has 0 bridgehead atoms. The van der Waals surface area contributed by atoms with Crippen molar-refractivity contribution in [2.45, 2.75) is 44.6 Å². The SMILES string of the molecule is CCCC(N)C1c2ccc(F)cc2CCc2cc(OC)ccc21. The summed E-state index contributed by atoms with van der Waals surface area (Å²) in [5, 5.41) is 0. The predicted molar refractivity (Wildman–Crippen MR) is 91.5 cm³/mol. The van der Waals surface area contributed by atoms with Crippen LogP contribution in [0.3, 0.4) is 0 Å². The van der Waals surface area contributed by atoms with Gasteiger partial charge in [-0.1, -0.05) is 25.5 Å². The van der Waals surface area contributed by atoms with Gasteiger partial charge >= 0.3 is 0 Å². The summed E-state index contributed by atoms with van der Waals surface area (Å²) in [4.78, 5) is 0. The van der Waals surface area contributed by atoms with Gasteiger partial charge in [-0.15, -0.1) is 0 Å². The van der Waals surface area contributed by atoms with Crippen LogP contribution in [0, 0.1) is 5.82 Å². The van der Waals surface area contributed by atoms with E-state index in [-0.39, 0.29) is 17.8 Å². The summed E-state index contributed by atoms with van der Waals surface area (Å²) in [6.07, 6.45) is 3.72. The largest absolute Gasteiger partial charge is 0.497 e. The van der Waals surface area contributed by atoms with Gasteiger partial charge in [0.1, 0.15) is 11.6 Å². The van der Waals surface area contributed by atoms with Crippen LogP contribution in [0.5, 0.6) is 5.75 Å². The summed E-state index contributed by atoms with van der Waals surface area (Å²) >= 11 is 0. The Bertz CT molecular complexity index is 698. The number of benzene rings is 2. The van der Waals surface area contributed by atoms with Gasteiger partial charge in [0, 0.05) is 12.0 Å². The molecule has 0 aliphatic heterocycles. The molecule has 23 heavy (non-hydrogen) atoms. The number of rotatable bonds is 4. The van der Waals surface area contributed by atoms with Gasteiger partial charge in [-0.2, -0.15) is 0 Å². The predicted octanol–water partition coefficient (Wildman–Crippen LogP) is 4.19. The fraction of sp³-hybridized carbons (Fsp3) is 0.400. The monoisotopic (exact) mass is 313 g/mol. The highest BCUT2D eigenvalue weighted by atomic mass is 19.1. The zero-order valence-corrected chi connectivity index (χ0v) is 13.8. The minimum atomic E-state index is -0.171. The smallest absolute Gasteiger partial charge is 0.123 e.